The summed E-state index contributed by atoms with van der Waals surface area (Å²) in [6.07, 6.45) is 0.769. The van der Waals surface area contributed by atoms with Crippen molar-refractivity contribution in [1.29, 1.82) is 0 Å². The van der Waals surface area contributed by atoms with E-state index in [2.05, 4.69) is 10.0 Å². The number of ether oxygens (including phenoxy) is 1. The molecule has 178 valence electrons. The molecule has 10 heteroatoms. The average molecular weight is 475 g/mol. The van der Waals surface area contributed by atoms with Crippen LogP contribution in [-0.4, -0.2) is 83.0 Å². The van der Waals surface area contributed by atoms with Gasteiger partial charge in [0, 0.05) is 57.7 Å². The first-order valence-corrected chi connectivity index (χ1v) is 12.3. The zero-order chi connectivity index (χ0) is 23.7. The average Bonchev–Trinajstić information content (AvgIpc) is 2.82. The Kier molecular flexibility index (Phi) is 8.81. The Balaban J connectivity index is 1.52. The largest absolute Gasteiger partial charge is 0.385 e. The third-order valence-corrected chi connectivity index (χ3v) is 6.69. The lowest BCUT2D eigenvalue weighted by atomic mass is 10.1. The number of hydrogen-bond donors (Lipinski definition) is 2. The van der Waals surface area contributed by atoms with Crippen LogP contribution in [0.3, 0.4) is 0 Å². The third-order valence-electron chi connectivity index (χ3n) is 5.29. The molecule has 1 aliphatic rings. The van der Waals surface area contributed by atoms with E-state index in [1.807, 2.05) is 4.90 Å². The van der Waals surface area contributed by atoms with Gasteiger partial charge in [-0.2, -0.15) is 0 Å². The lowest BCUT2D eigenvalue weighted by Crippen LogP contribution is -2.51. The normalized spacial score (nSPS) is 14.6. The molecule has 2 aromatic rings. The van der Waals surface area contributed by atoms with E-state index in [0.29, 0.717) is 57.1 Å². The molecule has 0 aliphatic carbocycles. The summed E-state index contributed by atoms with van der Waals surface area (Å²) >= 11 is 0. The van der Waals surface area contributed by atoms with E-state index < -0.39 is 10.0 Å². The van der Waals surface area contributed by atoms with Gasteiger partial charge >= 0.3 is 0 Å². The van der Waals surface area contributed by atoms with Crippen LogP contribution in [0.2, 0.25) is 0 Å². The maximum Gasteiger partial charge on any atom is 0.261 e. The number of nitrogens with one attached hydrogen (secondary N) is 2. The van der Waals surface area contributed by atoms with E-state index in [9.17, 15) is 18.0 Å². The van der Waals surface area contributed by atoms with Crippen molar-refractivity contribution in [2.24, 2.45) is 0 Å². The molecule has 0 radical (unpaired) electrons. The topological polar surface area (TPSA) is 108 Å². The molecule has 2 N–H and O–H groups in total. The van der Waals surface area contributed by atoms with Crippen LogP contribution < -0.4 is 10.0 Å². The molecule has 0 aromatic heterocycles. The van der Waals surface area contributed by atoms with Crippen LogP contribution in [0.5, 0.6) is 0 Å². The van der Waals surface area contributed by atoms with Gasteiger partial charge in [-0.15, -0.1) is 0 Å². The summed E-state index contributed by atoms with van der Waals surface area (Å²) in [5.41, 5.74) is 0.737. The van der Waals surface area contributed by atoms with E-state index in [1.54, 1.807) is 54.5 Å². The Hall–Kier alpha value is -2.95. The van der Waals surface area contributed by atoms with Crippen molar-refractivity contribution in [1.82, 2.24) is 15.1 Å². The van der Waals surface area contributed by atoms with Crippen LogP contribution in [0.25, 0.3) is 0 Å². The number of sulfonamides is 1. The molecule has 1 saturated heterocycles. The van der Waals surface area contributed by atoms with E-state index in [1.165, 1.54) is 12.1 Å². The van der Waals surface area contributed by atoms with E-state index in [0.717, 1.165) is 6.42 Å². The second-order valence-corrected chi connectivity index (χ2v) is 9.45. The summed E-state index contributed by atoms with van der Waals surface area (Å²) < 4.78 is 32.6. The fourth-order valence-corrected chi connectivity index (χ4v) is 4.59. The van der Waals surface area contributed by atoms with Crippen LogP contribution in [0.15, 0.2) is 59.5 Å². The Morgan fingerprint density at radius 2 is 1.73 bits per heavy atom. The molecule has 9 nitrogen and oxygen atoms in total. The Labute approximate surface area is 194 Å². The van der Waals surface area contributed by atoms with Gasteiger partial charge in [-0.1, -0.05) is 24.3 Å². The highest BCUT2D eigenvalue weighted by Crippen LogP contribution is 2.18. The zero-order valence-electron chi connectivity index (χ0n) is 18.7. The molecule has 1 heterocycles. The van der Waals surface area contributed by atoms with Gasteiger partial charge in [0.2, 0.25) is 5.91 Å². The monoisotopic (exact) mass is 474 g/mol. The summed E-state index contributed by atoms with van der Waals surface area (Å²) in [6.45, 7) is 3.66. The molecule has 0 unspecified atom stereocenters. The minimum atomic E-state index is -3.74. The quantitative estimate of drug-likeness (QED) is 0.504. The molecular weight excluding hydrogens is 444 g/mol. The molecule has 33 heavy (non-hydrogen) atoms. The van der Waals surface area contributed by atoms with Crippen molar-refractivity contribution in [3.05, 3.63) is 60.2 Å². The Morgan fingerprint density at radius 1 is 1.00 bits per heavy atom. The standard InChI is InChI=1S/C23H30N4O5S/c1-32-16-6-11-24-22(28)18-26-12-14-27(15-13-26)23(29)19-7-5-8-20(17-19)25-33(30,31)21-9-3-2-4-10-21/h2-5,7-10,17,25H,6,11-16,18H2,1H3,(H,24,28). The van der Waals surface area contributed by atoms with Crippen LogP contribution >= 0.6 is 0 Å². The van der Waals surface area contributed by atoms with E-state index in [4.69, 9.17) is 4.74 Å². The van der Waals surface area contributed by atoms with Crippen LogP contribution in [0.4, 0.5) is 5.69 Å². The molecule has 1 aliphatic heterocycles. The number of rotatable bonds is 10. The lowest BCUT2D eigenvalue weighted by molar-refractivity contribution is -0.122. The molecule has 0 atom stereocenters. The third kappa shape index (κ3) is 7.28. The number of anilines is 1. The molecule has 0 spiro atoms. The summed E-state index contributed by atoms with van der Waals surface area (Å²) in [6, 6.07) is 14.5. The number of hydrogen-bond acceptors (Lipinski definition) is 6. The fraction of sp³-hybridized carbons (Fsp3) is 0.391. The van der Waals surface area contributed by atoms with Crippen molar-refractivity contribution < 1.29 is 22.7 Å². The van der Waals surface area contributed by atoms with Gasteiger partial charge in [0.05, 0.1) is 11.4 Å². The maximum absolute atomic E-state index is 13.0. The minimum Gasteiger partial charge on any atom is -0.385 e. The van der Waals surface area contributed by atoms with Crippen molar-refractivity contribution in [3.63, 3.8) is 0 Å². The molecule has 2 amide bonds. The predicted molar refractivity (Wildman–Crippen MR) is 126 cm³/mol. The first-order chi connectivity index (χ1) is 15.9. The van der Waals surface area contributed by atoms with Crippen molar-refractivity contribution in [3.8, 4) is 0 Å². The maximum atomic E-state index is 13.0. The highest BCUT2D eigenvalue weighted by molar-refractivity contribution is 7.92. The number of nitrogens with zero attached hydrogens (tertiary/aromatic N) is 2. The number of methoxy groups -OCH3 is 1. The number of benzene rings is 2. The number of amides is 2. The van der Waals surface area contributed by atoms with Crippen LogP contribution in [0, 0.1) is 0 Å². The van der Waals surface area contributed by atoms with Crippen molar-refractivity contribution >= 4 is 27.5 Å². The van der Waals surface area contributed by atoms with Crippen LogP contribution in [0.1, 0.15) is 16.8 Å². The fourth-order valence-electron chi connectivity index (χ4n) is 3.52. The number of carbonyl (C=O) groups excluding carboxylic acids is 2. The summed E-state index contributed by atoms with van der Waals surface area (Å²) in [5, 5.41) is 2.86. The Morgan fingerprint density at radius 3 is 2.42 bits per heavy atom. The first-order valence-electron chi connectivity index (χ1n) is 10.8. The second kappa shape index (κ2) is 11.8. The van der Waals surface area contributed by atoms with Gasteiger partial charge in [0.1, 0.15) is 0 Å². The van der Waals surface area contributed by atoms with E-state index in [-0.39, 0.29) is 16.7 Å². The van der Waals surface area contributed by atoms with Gasteiger partial charge in [0.25, 0.3) is 15.9 Å². The smallest absolute Gasteiger partial charge is 0.261 e. The minimum absolute atomic E-state index is 0.0377. The molecule has 0 saturated carbocycles. The molecule has 0 bridgehead atoms. The summed E-state index contributed by atoms with van der Waals surface area (Å²) in [4.78, 5) is 28.9. The van der Waals surface area contributed by atoms with Crippen LogP contribution in [-0.2, 0) is 19.6 Å². The predicted octanol–water partition coefficient (Wildman–Crippen LogP) is 1.40. The molecule has 1 fully saturated rings. The highest BCUT2D eigenvalue weighted by Gasteiger charge is 2.24. The lowest BCUT2D eigenvalue weighted by Gasteiger charge is -2.34. The second-order valence-electron chi connectivity index (χ2n) is 7.76. The molecular formula is C23H30N4O5S. The van der Waals surface area contributed by atoms with Gasteiger partial charge in [-0.3, -0.25) is 19.2 Å². The van der Waals surface area contributed by atoms with Crippen molar-refractivity contribution in [2.75, 3.05) is 57.7 Å². The zero-order valence-corrected chi connectivity index (χ0v) is 19.5. The van der Waals surface area contributed by atoms with E-state index >= 15 is 0 Å². The SMILES string of the molecule is COCCCNC(=O)CN1CCN(C(=O)c2cccc(NS(=O)(=O)c3ccccc3)c2)CC1. The summed E-state index contributed by atoms with van der Waals surface area (Å²) in [7, 11) is -2.11. The van der Waals surface area contributed by atoms with Gasteiger partial charge < -0.3 is 15.0 Å². The Bertz CT molecular complexity index is 1040. The first kappa shape index (κ1) is 24.7. The summed E-state index contributed by atoms with van der Waals surface area (Å²) in [5.74, 6) is -0.205. The molecule has 2 aromatic carbocycles. The number of piperazine rings is 1. The van der Waals surface area contributed by atoms with Gasteiger partial charge in [0.15, 0.2) is 0 Å². The number of carbonyl (C=O) groups is 2. The van der Waals surface area contributed by atoms with Gasteiger partial charge in [-0.25, -0.2) is 8.42 Å². The van der Waals surface area contributed by atoms with Crippen molar-refractivity contribution in [2.45, 2.75) is 11.3 Å². The van der Waals surface area contributed by atoms with Gasteiger partial charge in [-0.05, 0) is 36.8 Å². The highest BCUT2D eigenvalue weighted by atomic mass is 32.2. The molecule has 3 rings (SSSR count).